The van der Waals surface area contributed by atoms with E-state index in [0.717, 1.165) is 22.4 Å². The first-order chi connectivity index (χ1) is 15.6. The van der Waals surface area contributed by atoms with Crippen LogP contribution >= 0.6 is 23.4 Å². The molecule has 3 aromatic carbocycles. The van der Waals surface area contributed by atoms with E-state index in [0.29, 0.717) is 16.0 Å². The molecular formula is C24H20ClN5OS. The van der Waals surface area contributed by atoms with Crippen LogP contribution in [0.2, 0.25) is 5.02 Å². The van der Waals surface area contributed by atoms with E-state index in [-0.39, 0.29) is 11.7 Å². The smallest absolute Gasteiger partial charge is 0.250 e. The Kier molecular flexibility index (Phi) is 6.99. The number of benzene rings is 3. The number of hydrazone groups is 1. The topological polar surface area (TPSA) is 72.2 Å². The lowest BCUT2D eigenvalue weighted by Gasteiger charge is -2.10. The number of aromatic nitrogens is 3. The summed E-state index contributed by atoms with van der Waals surface area (Å²) >= 11 is 7.34. The molecule has 0 saturated carbocycles. The number of hydrogen-bond donors (Lipinski definition) is 1. The van der Waals surface area contributed by atoms with Gasteiger partial charge in [-0.05, 0) is 48.9 Å². The highest BCUT2D eigenvalue weighted by atomic mass is 35.5. The van der Waals surface area contributed by atoms with Crippen LogP contribution in [0.5, 0.6) is 0 Å². The lowest BCUT2D eigenvalue weighted by atomic mass is 10.2. The lowest BCUT2D eigenvalue weighted by molar-refractivity contribution is -0.118. The minimum absolute atomic E-state index is 0.150. The van der Waals surface area contributed by atoms with Crippen LogP contribution in [-0.2, 0) is 4.79 Å². The number of hydrogen-bond acceptors (Lipinski definition) is 5. The largest absolute Gasteiger partial charge is 0.272 e. The highest BCUT2D eigenvalue weighted by molar-refractivity contribution is 7.99. The maximum atomic E-state index is 12.3. The number of nitrogens with zero attached hydrogens (tertiary/aromatic N) is 4. The number of aryl methyl sites for hydroxylation is 1. The van der Waals surface area contributed by atoms with Gasteiger partial charge in [-0.25, -0.2) is 5.43 Å². The summed E-state index contributed by atoms with van der Waals surface area (Å²) in [5, 5.41) is 14.0. The molecule has 32 heavy (non-hydrogen) atoms. The predicted octanol–water partition coefficient (Wildman–Crippen LogP) is 5.14. The summed E-state index contributed by atoms with van der Waals surface area (Å²) in [6.07, 6.45) is 1.61. The fourth-order valence-corrected chi connectivity index (χ4v) is 3.83. The number of carbonyl (C=O) groups is 1. The molecule has 0 saturated heterocycles. The van der Waals surface area contributed by atoms with Gasteiger partial charge in [0.25, 0.3) is 5.91 Å². The molecule has 1 heterocycles. The van der Waals surface area contributed by atoms with Crippen LogP contribution in [0.1, 0.15) is 11.1 Å². The van der Waals surface area contributed by atoms with Crippen molar-refractivity contribution in [3.63, 3.8) is 0 Å². The van der Waals surface area contributed by atoms with Gasteiger partial charge in [0.1, 0.15) is 0 Å². The number of carbonyl (C=O) groups excluding carboxylic acids is 1. The molecule has 1 N–H and O–H groups in total. The molecule has 4 aromatic rings. The molecular weight excluding hydrogens is 442 g/mol. The summed E-state index contributed by atoms with van der Waals surface area (Å²) < 4.78 is 1.94. The maximum Gasteiger partial charge on any atom is 0.250 e. The van der Waals surface area contributed by atoms with Crippen LogP contribution in [0.4, 0.5) is 0 Å². The van der Waals surface area contributed by atoms with Crippen molar-refractivity contribution in [1.29, 1.82) is 0 Å². The first-order valence-electron chi connectivity index (χ1n) is 9.88. The van der Waals surface area contributed by atoms with Gasteiger partial charge in [-0.15, -0.1) is 10.2 Å². The third-order valence-corrected chi connectivity index (χ3v) is 5.74. The third-order valence-electron chi connectivity index (χ3n) is 4.56. The van der Waals surface area contributed by atoms with Crippen molar-refractivity contribution >= 4 is 35.5 Å². The molecule has 0 atom stereocenters. The van der Waals surface area contributed by atoms with E-state index in [9.17, 15) is 4.79 Å². The van der Waals surface area contributed by atoms with Crippen molar-refractivity contribution in [2.24, 2.45) is 5.10 Å². The zero-order valence-electron chi connectivity index (χ0n) is 17.3. The van der Waals surface area contributed by atoms with Crippen molar-refractivity contribution in [1.82, 2.24) is 20.2 Å². The van der Waals surface area contributed by atoms with E-state index >= 15 is 0 Å². The Hall–Kier alpha value is -3.42. The number of amides is 1. The summed E-state index contributed by atoms with van der Waals surface area (Å²) in [4.78, 5) is 12.3. The first kappa shape index (κ1) is 21.8. The van der Waals surface area contributed by atoms with Gasteiger partial charge < -0.3 is 0 Å². The van der Waals surface area contributed by atoms with Gasteiger partial charge in [0.15, 0.2) is 11.0 Å². The van der Waals surface area contributed by atoms with Crippen molar-refractivity contribution < 1.29 is 4.79 Å². The molecule has 1 aromatic heterocycles. The van der Waals surface area contributed by atoms with Gasteiger partial charge in [-0.1, -0.05) is 71.4 Å². The zero-order chi connectivity index (χ0) is 22.3. The van der Waals surface area contributed by atoms with Gasteiger partial charge in [0, 0.05) is 16.3 Å². The average molecular weight is 462 g/mol. The number of rotatable bonds is 7. The Morgan fingerprint density at radius 2 is 1.75 bits per heavy atom. The molecule has 0 bridgehead atoms. The fourth-order valence-electron chi connectivity index (χ4n) is 2.96. The van der Waals surface area contributed by atoms with Gasteiger partial charge in [0.2, 0.25) is 0 Å². The monoisotopic (exact) mass is 461 g/mol. The number of thioether (sulfide) groups is 1. The SMILES string of the molecule is Cc1ccc(-n2c(SCC(=O)N/N=C\c3ccccc3)nnc2-c2ccc(Cl)cc2)cc1. The highest BCUT2D eigenvalue weighted by Gasteiger charge is 2.17. The second-order valence-electron chi connectivity index (χ2n) is 6.98. The quantitative estimate of drug-likeness (QED) is 0.235. The highest BCUT2D eigenvalue weighted by Crippen LogP contribution is 2.28. The van der Waals surface area contributed by atoms with Crippen molar-refractivity contribution in [2.75, 3.05) is 5.75 Å². The Bertz CT molecular complexity index is 1220. The molecule has 0 aliphatic heterocycles. The van der Waals surface area contributed by atoms with Crippen molar-refractivity contribution in [3.8, 4) is 17.1 Å². The molecule has 0 unspecified atom stereocenters. The zero-order valence-corrected chi connectivity index (χ0v) is 18.8. The lowest BCUT2D eigenvalue weighted by Crippen LogP contribution is -2.20. The van der Waals surface area contributed by atoms with E-state index in [1.165, 1.54) is 11.8 Å². The maximum absolute atomic E-state index is 12.3. The van der Waals surface area contributed by atoms with Crippen LogP contribution < -0.4 is 5.43 Å². The van der Waals surface area contributed by atoms with E-state index in [1.807, 2.05) is 90.4 Å². The van der Waals surface area contributed by atoms with E-state index < -0.39 is 0 Å². The average Bonchev–Trinajstić information content (AvgIpc) is 3.23. The number of halogens is 1. The second-order valence-corrected chi connectivity index (χ2v) is 8.36. The van der Waals surface area contributed by atoms with Crippen LogP contribution in [0.3, 0.4) is 0 Å². The van der Waals surface area contributed by atoms with Gasteiger partial charge in [-0.3, -0.25) is 9.36 Å². The minimum atomic E-state index is -0.228. The van der Waals surface area contributed by atoms with Crippen LogP contribution in [0, 0.1) is 6.92 Å². The number of nitrogens with one attached hydrogen (secondary N) is 1. The first-order valence-corrected chi connectivity index (χ1v) is 11.2. The fraction of sp³-hybridized carbons (Fsp3) is 0.0833. The van der Waals surface area contributed by atoms with E-state index in [1.54, 1.807) is 6.21 Å². The standard InChI is InChI=1S/C24H20ClN5OS/c1-17-7-13-21(14-8-17)30-23(19-9-11-20(25)12-10-19)28-29-24(30)32-16-22(31)27-26-15-18-5-3-2-4-6-18/h2-15H,16H2,1H3,(H,27,31)/b26-15-. The summed E-state index contributed by atoms with van der Waals surface area (Å²) in [6, 6.07) is 25.1. The molecule has 0 fully saturated rings. The summed E-state index contributed by atoms with van der Waals surface area (Å²) in [5.41, 5.74) is 6.41. The molecule has 6 nitrogen and oxygen atoms in total. The molecule has 0 spiro atoms. The second kappa shape index (κ2) is 10.3. The molecule has 8 heteroatoms. The van der Waals surface area contributed by atoms with Crippen LogP contribution in [-0.4, -0.2) is 32.6 Å². The van der Waals surface area contributed by atoms with Gasteiger partial charge in [-0.2, -0.15) is 5.10 Å². The molecule has 4 rings (SSSR count). The molecule has 1 amide bonds. The normalized spacial score (nSPS) is 11.1. The van der Waals surface area contributed by atoms with Crippen LogP contribution in [0.15, 0.2) is 89.1 Å². The molecule has 0 aliphatic carbocycles. The van der Waals surface area contributed by atoms with E-state index in [4.69, 9.17) is 11.6 Å². The van der Waals surface area contributed by atoms with Crippen molar-refractivity contribution in [3.05, 3.63) is 95.0 Å². The Morgan fingerprint density at radius 3 is 2.47 bits per heavy atom. The Labute approximate surface area is 195 Å². The summed E-state index contributed by atoms with van der Waals surface area (Å²) in [6.45, 7) is 2.03. The summed E-state index contributed by atoms with van der Waals surface area (Å²) in [5.74, 6) is 0.598. The Morgan fingerprint density at radius 1 is 1.03 bits per heavy atom. The van der Waals surface area contributed by atoms with Crippen molar-refractivity contribution in [2.45, 2.75) is 12.1 Å². The van der Waals surface area contributed by atoms with E-state index in [2.05, 4.69) is 20.7 Å². The predicted molar refractivity (Wildman–Crippen MR) is 129 cm³/mol. The molecule has 0 aliphatic rings. The summed E-state index contributed by atoms with van der Waals surface area (Å²) in [7, 11) is 0. The van der Waals surface area contributed by atoms with Gasteiger partial charge in [0.05, 0.1) is 12.0 Å². The van der Waals surface area contributed by atoms with Gasteiger partial charge >= 0.3 is 0 Å². The molecule has 0 radical (unpaired) electrons. The third kappa shape index (κ3) is 5.43. The van der Waals surface area contributed by atoms with Crippen LogP contribution in [0.25, 0.3) is 17.1 Å². The molecule has 160 valence electrons. The Balaban J connectivity index is 1.53. The minimum Gasteiger partial charge on any atom is -0.272 e.